The number of aromatic nitrogens is 3. The highest BCUT2D eigenvalue weighted by atomic mass is 32.1. The van der Waals surface area contributed by atoms with Crippen molar-refractivity contribution in [3.8, 4) is 11.5 Å². The molecule has 2 aromatic carbocycles. The van der Waals surface area contributed by atoms with Gasteiger partial charge in [-0.3, -0.25) is 4.79 Å². The summed E-state index contributed by atoms with van der Waals surface area (Å²) < 4.78 is 13.6. The number of nitrogens with zero attached hydrogens (tertiary/aromatic N) is 3. The standard InChI is InChI=1S/C21H17N3O3S/c1-2-13-7-9-14(10-8-13)11-18-20(25)24-21(28-18)22-19(23-24)17-12-26-15-5-3-4-6-16(15)27-17/h3-11,17H,2,12H2,1H3. The van der Waals surface area contributed by atoms with E-state index < -0.39 is 6.10 Å². The van der Waals surface area contributed by atoms with E-state index in [4.69, 9.17) is 9.47 Å². The maximum atomic E-state index is 12.7. The van der Waals surface area contributed by atoms with E-state index in [-0.39, 0.29) is 5.56 Å². The van der Waals surface area contributed by atoms with Gasteiger partial charge in [-0.1, -0.05) is 54.7 Å². The van der Waals surface area contributed by atoms with E-state index in [2.05, 4.69) is 29.1 Å². The number of para-hydroxylation sites is 2. The van der Waals surface area contributed by atoms with Gasteiger partial charge in [-0.2, -0.15) is 9.50 Å². The average Bonchev–Trinajstić information content (AvgIpc) is 3.28. The minimum Gasteiger partial charge on any atom is -0.485 e. The molecular formula is C21H17N3O3S. The fourth-order valence-electron chi connectivity index (χ4n) is 3.13. The van der Waals surface area contributed by atoms with Crippen molar-refractivity contribution in [2.24, 2.45) is 0 Å². The maximum absolute atomic E-state index is 12.7. The van der Waals surface area contributed by atoms with Gasteiger partial charge in [0.05, 0.1) is 4.53 Å². The number of aryl methyl sites for hydroxylation is 1. The van der Waals surface area contributed by atoms with Crippen molar-refractivity contribution < 1.29 is 9.47 Å². The lowest BCUT2D eigenvalue weighted by molar-refractivity contribution is 0.0852. The van der Waals surface area contributed by atoms with Crippen LogP contribution in [0.5, 0.6) is 11.5 Å². The highest BCUT2D eigenvalue weighted by Crippen LogP contribution is 2.35. The third kappa shape index (κ3) is 2.93. The van der Waals surface area contributed by atoms with Gasteiger partial charge in [0, 0.05) is 0 Å². The molecule has 5 rings (SSSR count). The van der Waals surface area contributed by atoms with E-state index in [1.54, 1.807) is 0 Å². The molecule has 0 saturated heterocycles. The molecule has 3 heterocycles. The first kappa shape index (κ1) is 16.9. The normalized spacial score (nSPS) is 16.6. The SMILES string of the molecule is CCc1ccc(C=c2sc3nc(C4COc5ccccc5O4)nn3c2=O)cc1. The molecular weight excluding hydrogens is 374 g/mol. The summed E-state index contributed by atoms with van der Waals surface area (Å²) in [5.41, 5.74) is 2.08. The molecule has 2 aromatic heterocycles. The molecule has 0 aliphatic carbocycles. The van der Waals surface area contributed by atoms with Crippen molar-refractivity contribution in [2.45, 2.75) is 19.4 Å². The van der Waals surface area contributed by atoms with E-state index in [0.717, 1.165) is 12.0 Å². The van der Waals surface area contributed by atoms with Crippen LogP contribution in [0.4, 0.5) is 0 Å². The molecule has 1 aliphatic heterocycles. The fourth-order valence-corrected chi connectivity index (χ4v) is 4.05. The zero-order valence-corrected chi connectivity index (χ0v) is 16.0. The van der Waals surface area contributed by atoms with Gasteiger partial charge in [-0.15, -0.1) is 5.10 Å². The quantitative estimate of drug-likeness (QED) is 0.537. The highest BCUT2D eigenvalue weighted by Gasteiger charge is 2.26. The lowest BCUT2D eigenvalue weighted by atomic mass is 10.1. The van der Waals surface area contributed by atoms with E-state index in [0.29, 0.717) is 33.4 Å². The summed E-state index contributed by atoms with van der Waals surface area (Å²) in [6.45, 7) is 2.43. The minimum absolute atomic E-state index is 0.171. The van der Waals surface area contributed by atoms with Gasteiger partial charge < -0.3 is 9.47 Å². The smallest absolute Gasteiger partial charge is 0.291 e. The van der Waals surface area contributed by atoms with Crippen LogP contribution < -0.4 is 19.6 Å². The molecule has 0 N–H and O–H groups in total. The molecule has 6 nitrogen and oxygen atoms in total. The largest absolute Gasteiger partial charge is 0.485 e. The van der Waals surface area contributed by atoms with Crippen LogP contribution in [0.2, 0.25) is 0 Å². The summed E-state index contributed by atoms with van der Waals surface area (Å²) in [7, 11) is 0. The summed E-state index contributed by atoms with van der Waals surface area (Å²) in [5.74, 6) is 1.82. The zero-order chi connectivity index (χ0) is 19.1. The zero-order valence-electron chi connectivity index (χ0n) is 15.2. The Balaban J connectivity index is 1.47. The maximum Gasteiger partial charge on any atom is 0.291 e. The molecule has 0 spiro atoms. The summed E-state index contributed by atoms with van der Waals surface area (Å²) in [4.78, 5) is 17.8. The second-order valence-electron chi connectivity index (χ2n) is 6.54. The first-order valence-electron chi connectivity index (χ1n) is 9.10. The Labute approximate surface area is 164 Å². The Hall–Kier alpha value is -3.19. The van der Waals surface area contributed by atoms with E-state index in [1.807, 2.05) is 42.5 Å². The second-order valence-corrected chi connectivity index (χ2v) is 7.55. The molecule has 0 fully saturated rings. The van der Waals surface area contributed by atoms with Crippen molar-refractivity contribution >= 4 is 22.4 Å². The Morgan fingerprint density at radius 1 is 1.18 bits per heavy atom. The molecule has 0 bridgehead atoms. The van der Waals surface area contributed by atoms with Crippen LogP contribution in [-0.2, 0) is 6.42 Å². The van der Waals surface area contributed by atoms with Crippen LogP contribution in [-0.4, -0.2) is 21.2 Å². The van der Waals surface area contributed by atoms with E-state index in [1.165, 1.54) is 21.4 Å². The number of hydrogen-bond acceptors (Lipinski definition) is 6. The topological polar surface area (TPSA) is 65.7 Å². The first-order chi connectivity index (χ1) is 13.7. The van der Waals surface area contributed by atoms with Crippen LogP contribution in [0.3, 0.4) is 0 Å². The van der Waals surface area contributed by atoms with Gasteiger partial charge in [0.2, 0.25) is 4.96 Å². The van der Waals surface area contributed by atoms with Gasteiger partial charge in [0.1, 0.15) is 6.61 Å². The lowest BCUT2D eigenvalue weighted by Gasteiger charge is -2.24. The molecule has 4 aromatic rings. The molecule has 1 atom stereocenters. The lowest BCUT2D eigenvalue weighted by Crippen LogP contribution is -2.26. The van der Waals surface area contributed by atoms with Crippen LogP contribution >= 0.6 is 11.3 Å². The molecule has 0 radical (unpaired) electrons. The number of ether oxygens (including phenoxy) is 2. The number of rotatable bonds is 3. The van der Waals surface area contributed by atoms with Crippen molar-refractivity contribution in [3.63, 3.8) is 0 Å². The van der Waals surface area contributed by atoms with Crippen LogP contribution in [0.1, 0.15) is 30.0 Å². The first-order valence-corrected chi connectivity index (χ1v) is 9.91. The van der Waals surface area contributed by atoms with Crippen molar-refractivity contribution in [2.75, 3.05) is 6.61 Å². The van der Waals surface area contributed by atoms with E-state index in [9.17, 15) is 4.79 Å². The van der Waals surface area contributed by atoms with Gasteiger partial charge >= 0.3 is 0 Å². The predicted octanol–water partition coefficient (Wildman–Crippen LogP) is 2.77. The van der Waals surface area contributed by atoms with Gasteiger partial charge in [-0.05, 0) is 35.8 Å². The molecule has 0 amide bonds. The molecule has 28 heavy (non-hydrogen) atoms. The monoisotopic (exact) mass is 391 g/mol. The Morgan fingerprint density at radius 2 is 1.96 bits per heavy atom. The third-order valence-corrected chi connectivity index (χ3v) is 5.64. The second kappa shape index (κ2) is 6.76. The Bertz CT molecular complexity index is 1260. The van der Waals surface area contributed by atoms with Crippen LogP contribution in [0, 0.1) is 0 Å². The number of fused-ring (bicyclic) bond motifs is 2. The van der Waals surface area contributed by atoms with Crippen LogP contribution in [0.15, 0.2) is 53.3 Å². The summed E-state index contributed by atoms with van der Waals surface area (Å²) in [6, 6.07) is 15.7. The minimum atomic E-state index is -0.435. The summed E-state index contributed by atoms with van der Waals surface area (Å²) in [5, 5.41) is 4.38. The summed E-state index contributed by atoms with van der Waals surface area (Å²) in [6.07, 6.45) is 2.43. The predicted molar refractivity (Wildman–Crippen MR) is 107 cm³/mol. The average molecular weight is 391 g/mol. The molecule has 1 aliphatic rings. The Morgan fingerprint density at radius 3 is 2.71 bits per heavy atom. The molecule has 7 heteroatoms. The van der Waals surface area contributed by atoms with Gasteiger partial charge in [0.15, 0.2) is 23.4 Å². The number of benzene rings is 2. The number of hydrogen-bond donors (Lipinski definition) is 0. The molecule has 0 saturated carbocycles. The van der Waals surface area contributed by atoms with Gasteiger partial charge in [-0.25, -0.2) is 0 Å². The van der Waals surface area contributed by atoms with E-state index >= 15 is 0 Å². The summed E-state index contributed by atoms with van der Waals surface area (Å²) >= 11 is 1.32. The van der Waals surface area contributed by atoms with Crippen molar-refractivity contribution in [1.29, 1.82) is 0 Å². The highest BCUT2D eigenvalue weighted by molar-refractivity contribution is 7.15. The molecule has 140 valence electrons. The Kier molecular flexibility index (Phi) is 4.09. The van der Waals surface area contributed by atoms with Crippen LogP contribution in [0.25, 0.3) is 11.0 Å². The number of thiazole rings is 1. The van der Waals surface area contributed by atoms with Crippen molar-refractivity contribution in [1.82, 2.24) is 14.6 Å². The third-order valence-electron chi connectivity index (χ3n) is 4.68. The molecule has 1 unspecified atom stereocenters. The van der Waals surface area contributed by atoms with Crippen molar-refractivity contribution in [3.05, 3.63) is 80.4 Å². The van der Waals surface area contributed by atoms with Gasteiger partial charge in [0.25, 0.3) is 5.56 Å². The fraction of sp³-hybridized carbons (Fsp3) is 0.190.